The number of nitrogens with one attached hydrogen (secondary N) is 2. The lowest BCUT2D eigenvalue weighted by Gasteiger charge is -2.54. The van der Waals surface area contributed by atoms with Crippen molar-refractivity contribution >= 4 is 34.5 Å². The van der Waals surface area contributed by atoms with Crippen molar-refractivity contribution in [3.05, 3.63) is 35.0 Å². The average Bonchev–Trinajstić information content (AvgIpc) is 3.40. The normalized spacial score (nSPS) is 23.2. The molecule has 2 N–H and O–H groups in total. The van der Waals surface area contributed by atoms with E-state index in [-0.39, 0.29) is 42.1 Å². The van der Waals surface area contributed by atoms with E-state index in [1.807, 2.05) is 44.4 Å². The lowest BCUT2D eigenvalue weighted by atomic mass is 9.67. The number of aromatic amines is 1. The molecule has 2 saturated heterocycles. The summed E-state index contributed by atoms with van der Waals surface area (Å²) in [4.78, 5) is 65.7. The number of aromatic nitrogens is 1. The number of carbonyl (C=O) groups excluding carboxylic acids is 4. The number of nitrogens with zero attached hydrogens (tertiary/aromatic N) is 4. The Kier molecular flexibility index (Phi) is 10.7. The molecule has 0 aliphatic carbocycles. The van der Waals surface area contributed by atoms with Crippen LogP contribution in [0.25, 0.3) is 10.9 Å². The number of benzene rings is 1. The molecular weight excluding hydrogens is 596 g/mol. The third-order valence-corrected chi connectivity index (χ3v) is 10.5. The van der Waals surface area contributed by atoms with E-state index in [2.05, 4.69) is 33.4 Å². The highest BCUT2D eigenvalue weighted by molar-refractivity contribution is 5.93. The van der Waals surface area contributed by atoms with Crippen LogP contribution in [0.1, 0.15) is 70.7 Å². The number of amides is 4. The van der Waals surface area contributed by atoms with Gasteiger partial charge >= 0.3 is 0 Å². The summed E-state index contributed by atoms with van der Waals surface area (Å²) in [6, 6.07) is 6.26. The number of morpholine rings is 1. The zero-order valence-corrected chi connectivity index (χ0v) is 29.4. The fourth-order valence-corrected chi connectivity index (χ4v) is 8.02. The van der Waals surface area contributed by atoms with Crippen LogP contribution in [0.4, 0.5) is 0 Å². The van der Waals surface area contributed by atoms with Gasteiger partial charge in [-0.05, 0) is 71.1 Å². The zero-order chi connectivity index (χ0) is 34.0. The second kappa shape index (κ2) is 14.4. The van der Waals surface area contributed by atoms with Crippen LogP contribution in [-0.2, 0) is 42.3 Å². The number of H-pyrrole nitrogens is 1. The van der Waals surface area contributed by atoms with Gasteiger partial charge in [0.15, 0.2) is 0 Å². The van der Waals surface area contributed by atoms with E-state index >= 15 is 0 Å². The maximum absolute atomic E-state index is 14.6. The molecule has 1 aromatic heterocycles. The molecular formula is C36H54N6O5. The first-order valence-corrected chi connectivity index (χ1v) is 17.4. The van der Waals surface area contributed by atoms with Crippen LogP contribution in [0.15, 0.2) is 18.2 Å². The molecule has 3 atom stereocenters. The summed E-state index contributed by atoms with van der Waals surface area (Å²) in [6.07, 6.45) is 2.10. The van der Waals surface area contributed by atoms with Gasteiger partial charge in [-0.25, -0.2) is 0 Å². The predicted octanol–water partition coefficient (Wildman–Crippen LogP) is 2.91. The van der Waals surface area contributed by atoms with Crippen molar-refractivity contribution in [2.45, 2.75) is 84.3 Å². The largest absolute Gasteiger partial charge is 0.379 e. The van der Waals surface area contributed by atoms with Crippen LogP contribution in [0.2, 0.25) is 0 Å². The number of piperidine rings is 1. The van der Waals surface area contributed by atoms with Crippen LogP contribution in [0.3, 0.4) is 0 Å². The SMILES string of the molecule is CC(C)N(C(=O)[C@H]1C[C@H](CC(=O)NCCN2CCOCC2)C(=O)N2CCc3c([nH]c4cc(CCC(=O)N(C)C)ccc34)[C@]12C)C(C)C. The maximum Gasteiger partial charge on any atom is 0.228 e. The summed E-state index contributed by atoms with van der Waals surface area (Å²) in [7, 11) is 3.53. The third-order valence-electron chi connectivity index (χ3n) is 10.5. The van der Waals surface area contributed by atoms with Crippen molar-refractivity contribution in [2.24, 2.45) is 11.8 Å². The summed E-state index contributed by atoms with van der Waals surface area (Å²) >= 11 is 0. The molecule has 4 heterocycles. The number of ether oxygens (including phenoxy) is 1. The molecule has 3 aliphatic rings. The summed E-state index contributed by atoms with van der Waals surface area (Å²) in [6.45, 7) is 15.0. The van der Waals surface area contributed by atoms with E-state index in [0.29, 0.717) is 52.0 Å². The molecule has 5 rings (SSSR count). The summed E-state index contributed by atoms with van der Waals surface area (Å²) in [5.74, 6) is -1.22. The smallest absolute Gasteiger partial charge is 0.228 e. The molecule has 4 amide bonds. The van der Waals surface area contributed by atoms with Crippen LogP contribution in [0, 0.1) is 11.8 Å². The topological polar surface area (TPSA) is 118 Å². The molecule has 11 nitrogen and oxygen atoms in total. The Morgan fingerprint density at radius 3 is 2.45 bits per heavy atom. The maximum atomic E-state index is 14.6. The van der Waals surface area contributed by atoms with E-state index in [4.69, 9.17) is 4.74 Å². The summed E-state index contributed by atoms with van der Waals surface area (Å²) in [5.41, 5.74) is 3.17. The van der Waals surface area contributed by atoms with Gasteiger partial charge in [0.1, 0.15) is 0 Å². The number of fused-ring (bicyclic) bond motifs is 5. The van der Waals surface area contributed by atoms with Crippen molar-refractivity contribution in [2.75, 3.05) is 60.0 Å². The Morgan fingerprint density at radius 2 is 1.79 bits per heavy atom. The molecule has 11 heteroatoms. The molecule has 1 aromatic carbocycles. The Bertz CT molecular complexity index is 1470. The average molecular weight is 651 g/mol. The number of carbonyl (C=O) groups is 4. The van der Waals surface area contributed by atoms with Crippen LogP contribution in [0.5, 0.6) is 0 Å². The van der Waals surface area contributed by atoms with Crippen LogP contribution < -0.4 is 5.32 Å². The van der Waals surface area contributed by atoms with Gasteiger partial charge in [0.05, 0.1) is 24.7 Å². The van der Waals surface area contributed by atoms with Crippen molar-refractivity contribution in [3.8, 4) is 0 Å². The Hall–Kier alpha value is -3.44. The lowest BCUT2D eigenvalue weighted by molar-refractivity contribution is -0.166. The van der Waals surface area contributed by atoms with Gasteiger partial charge in [0.2, 0.25) is 23.6 Å². The predicted molar refractivity (Wildman–Crippen MR) is 182 cm³/mol. The standard InChI is InChI=1S/C36H54N6O5/c1-23(2)42(24(3)4)35(46)29-21-26(22-31(43)37-13-15-40-16-18-47-19-17-40)34(45)41-14-12-28-27-10-8-25(9-11-32(44)39(6)7)20-30(27)38-33(28)36(29,41)5/h8,10,20,23-24,26,29,38H,9,11-19,21-22H2,1-7H3,(H,37,43)/t26-,29-,36+/m1/s1. The highest BCUT2D eigenvalue weighted by Gasteiger charge is 2.57. The summed E-state index contributed by atoms with van der Waals surface area (Å²) < 4.78 is 5.42. The zero-order valence-electron chi connectivity index (χ0n) is 29.4. The van der Waals surface area contributed by atoms with Gasteiger partial charge in [0, 0.05) is 94.3 Å². The molecule has 2 fully saturated rings. The number of aryl methyl sites for hydroxylation is 1. The van der Waals surface area contributed by atoms with E-state index in [9.17, 15) is 19.2 Å². The molecule has 258 valence electrons. The van der Waals surface area contributed by atoms with Gasteiger partial charge < -0.3 is 29.7 Å². The minimum absolute atomic E-state index is 0.0159. The third kappa shape index (κ3) is 7.06. The van der Waals surface area contributed by atoms with Crippen molar-refractivity contribution in [3.63, 3.8) is 0 Å². The van der Waals surface area contributed by atoms with Gasteiger partial charge in [-0.15, -0.1) is 0 Å². The first-order chi connectivity index (χ1) is 22.3. The lowest BCUT2D eigenvalue weighted by Crippen LogP contribution is -2.65. The molecule has 2 aromatic rings. The van der Waals surface area contributed by atoms with Gasteiger partial charge in [-0.1, -0.05) is 12.1 Å². The minimum atomic E-state index is -0.896. The Balaban J connectivity index is 1.44. The van der Waals surface area contributed by atoms with E-state index in [1.165, 1.54) is 0 Å². The van der Waals surface area contributed by atoms with Gasteiger partial charge in [-0.2, -0.15) is 0 Å². The Labute approximate surface area is 279 Å². The fourth-order valence-electron chi connectivity index (χ4n) is 8.02. The number of rotatable bonds is 11. The van der Waals surface area contributed by atoms with E-state index < -0.39 is 17.4 Å². The molecule has 0 spiro atoms. The van der Waals surface area contributed by atoms with Crippen molar-refractivity contribution in [1.82, 2.24) is 29.9 Å². The summed E-state index contributed by atoms with van der Waals surface area (Å²) in [5, 5.41) is 4.12. The van der Waals surface area contributed by atoms with Crippen molar-refractivity contribution < 1.29 is 23.9 Å². The first-order valence-electron chi connectivity index (χ1n) is 17.4. The van der Waals surface area contributed by atoms with Crippen LogP contribution >= 0.6 is 0 Å². The first kappa shape index (κ1) is 34.9. The highest BCUT2D eigenvalue weighted by Crippen LogP contribution is 2.50. The molecule has 0 bridgehead atoms. The molecule has 0 radical (unpaired) electrons. The molecule has 0 saturated carbocycles. The molecule has 3 aliphatic heterocycles. The number of hydrogen-bond acceptors (Lipinski definition) is 6. The monoisotopic (exact) mass is 650 g/mol. The highest BCUT2D eigenvalue weighted by atomic mass is 16.5. The second-order valence-corrected chi connectivity index (χ2v) is 14.5. The quantitative estimate of drug-likeness (QED) is 0.386. The van der Waals surface area contributed by atoms with E-state index in [0.717, 1.165) is 47.4 Å². The fraction of sp³-hybridized carbons (Fsp3) is 0.667. The minimum Gasteiger partial charge on any atom is -0.379 e. The van der Waals surface area contributed by atoms with Crippen molar-refractivity contribution in [1.29, 1.82) is 0 Å². The van der Waals surface area contributed by atoms with Crippen LogP contribution in [-0.4, -0.2) is 120 Å². The number of hydrogen-bond donors (Lipinski definition) is 2. The molecule has 47 heavy (non-hydrogen) atoms. The van der Waals surface area contributed by atoms with Gasteiger partial charge in [0.25, 0.3) is 0 Å². The Morgan fingerprint density at radius 1 is 1.09 bits per heavy atom. The molecule has 0 unspecified atom stereocenters. The van der Waals surface area contributed by atoms with Gasteiger partial charge in [-0.3, -0.25) is 24.1 Å². The van der Waals surface area contributed by atoms with E-state index in [1.54, 1.807) is 19.0 Å². The second-order valence-electron chi connectivity index (χ2n) is 14.5.